The molecule has 0 amide bonds. The number of aryl methyl sites for hydroxylation is 1. The molecule has 156 valence electrons. The third-order valence-electron chi connectivity index (χ3n) is 4.81. The predicted molar refractivity (Wildman–Crippen MR) is 119 cm³/mol. The number of hydrogen-bond donors (Lipinski definition) is 2. The van der Waals surface area contributed by atoms with Gasteiger partial charge in [-0.2, -0.15) is 0 Å². The van der Waals surface area contributed by atoms with Crippen LogP contribution in [-0.4, -0.2) is 32.8 Å². The Morgan fingerprint density at radius 3 is 2.77 bits per heavy atom. The summed E-state index contributed by atoms with van der Waals surface area (Å²) in [6.07, 6.45) is 1.40. The number of aliphatic imine (C=N–C) groups is 1. The number of imidazole rings is 1. The molecule has 0 spiro atoms. The number of aromatic amines is 1. The Labute approximate surface area is 178 Å². The maximum atomic E-state index is 11.2. The van der Waals surface area contributed by atoms with Crippen molar-refractivity contribution in [3.05, 3.63) is 75.8 Å². The van der Waals surface area contributed by atoms with E-state index in [1.165, 1.54) is 18.3 Å². The summed E-state index contributed by atoms with van der Waals surface area (Å²) < 4.78 is 5.32. The second kappa shape index (κ2) is 8.27. The second-order valence-electron chi connectivity index (χ2n) is 6.93. The van der Waals surface area contributed by atoms with Crippen LogP contribution >= 0.6 is 0 Å². The monoisotopic (exact) mass is 416 g/mol. The Morgan fingerprint density at radius 1 is 1.23 bits per heavy atom. The number of H-pyrrole nitrogens is 1. The molecule has 4 rings (SSSR count). The number of hydrogen-bond acceptors (Lipinski definition) is 6. The summed E-state index contributed by atoms with van der Waals surface area (Å²) in [5, 5.41) is 21.7. The molecule has 8 heteroatoms. The lowest BCUT2D eigenvalue weighted by atomic mass is 10.1. The number of phenols is 1. The number of aromatic nitrogens is 2. The van der Waals surface area contributed by atoms with Crippen molar-refractivity contribution < 1.29 is 14.8 Å². The summed E-state index contributed by atoms with van der Waals surface area (Å²) in [5.41, 5.74) is 4.24. The molecule has 0 unspecified atom stereocenters. The molecule has 0 aliphatic heterocycles. The van der Waals surface area contributed by atoms with E-state index in [1.54, 1.807) is 6.92 Å². The number of rotatable bonds is 6. The van der Waals surface area contributed by atoms with Crippen LogP contribution in [0.15, 0.2) is 59.6 Å². The largest absolute Gasteiger partial charge is 0.504 e. The van der Waals surface area contributed by atoms with Gasteiger partial charge in [-0.1, -0.05) is 24.3 Å². The van der Waals surface area contributed by atoms with E-state index < -0.39 is 4.92 Å². The standard InChI is InChI=1S/C23H20N4O4/c1-3-31-21-12-17(27(29)30)10-16(22(21)28)13-24-20-11-15(9-8-14(20)2)23-25-18-6-4-5-7-19(18)26-23/h4-13,28H,3H2,1-2H3,(H,25,26). The van der Waals surface area contributed by atoms with E-state index in [4.69, 9.17) is 4.74 Å². The first-order valence-corrected chi connectivity index (χ1v) is 9.70. The normalized spacial score (nSPS) is 11.3. The Balaban J connectivity index is 1.72. The fraction of sp³-hybridized carbons (Fsp3) is 0.130. The first kappa shape index (κ1) is 20.1. The van der Waals surface area contributed by atoms with Crippen molar-refractivity contribution in [3.8, 4) is 22.9 Å². The maximum absolute atomic E-state index is 11.2. The number of benzene rings is 3. The lowest BCUT2D eigenvalue weighted by molar-refractivity contribution is -0.385. The van der Waals surface area contributed by atoms with Gasteiger partial charge in [-0.3, -0.25) is 15.1 Å². The van der Waals surface area contributed by atoms with Gasteiger partial charge in [0.1, 0.15) is 5.82 Å². The zero-order valence-electron chi connectivity index (χ0n) is 17.0. The molecule has 0 aliphatic carbocycles. The van der Waals surface area contributed by atoms with E-state index in [1.807, 2.05) is 49.4 Å². The molecule has 0 bridgehead atoms. The third-order valence-corrected chi connectivity index (χ3v) is 4.81. The Bertz CT molecular complexity index is 1280. The number of fused-ring (bicyclic) bond motifs is 1. The van der Waals surface area contributed by atoms with E-state index in [-0.39, 0.29) is 29.4 Å². The van der Waals surface area contributed by atoms with Gasteiger partial charge in [0.15, 0.2) is 11.5 Å². The Kier molecular flexibility index (Phi) is 5.36. The molecule has 4 aromatic rings. The maximum Gasteiger partial charge on any atom is 0.274 e. The van der Waals surface area contributed by atoms with Gasteiger partial charge in [0.05, 0.1) is 34.3 Å². The summed E-state index contributed by atoms with van der Waals surface area (Å²) in [5.74, 6) is 0.572. The Morgan fingerprint density at radius 2 is 2.03 bits per heavy atom. The molecule has 1 aromatic heterocycles. The van der Waals surface area contributed by atoms with Gasteiger partial charge in [0, 0.05) is 23.4 Å². The van der Waals surface area contributed by atoms with Crippen LogP contribution in [0, 0.1) is 17.0 Å². The Hall–Kier alpha value is -4.20. The van der Waals surface area contributed by atoms with E-state index in [9.17, 15) is 15.2 Å². The summed E-state index contributed by atoms with van der Waals surface area (Å²) in [7, 11) is 0. The molecule has 1 heterocycles. The molecule has 0 atom stereocenters. The summed E-state index contributed by atoms with van der Waals surface area (Å²) in [6, 6.07) is 16.0. The zero-order chi connectivity index (χ0) is 22.0. The van der Waals surface area contributed by atoms with Gasteiger partial charge in [-0.05, 0) is 37.6 Å². The highest BCUT2D eigenvalue weighted by Crippen LogP contribution is 2.34. The van der Waals surface area contributed by atoms with Crippen LogP contribution in [0.4, 0.5) is 11.4 Å². The molecule has 8 nitrogen and oxygen atoms in total. The number of nitro benzene ring substituents is 1. The predicted octanol–water partition coefficient (Wildman–Crippen LogP) is 5.30. The minimum Gasteiger partial charge on any atom is -0.504 e. The van der Waals surface area contributed by atoms with E-state index in [2.05, 4.69) is 15.0 Å². The number of phenolic OH excluding ortho intramolecular Hbond substituents is 1. The number of nitro groups is 1. The van der Waals surface area contributed by atoms with Crippen molar-refractivity contribution in [2.75, 3.05) is 6.61 Å². The van der Waals surface area contributed by atoms with E-state index in [0.29, 0.717) is 5.69 Å². The molecule has 31 heavy (non-hydrogen) atoms. The number of nitrogens with zero attached hydrogens (tertiary/aromatic N) is 3. The van der Waals surface area contributed by atoms with Crippen LogP contribution in [0.3, 0.4) is 0 Å². The van der Waals surface area contributed by atoms with Crippen LogP contribution < -0.4 is 4.74 Å². The minimum atomic E-state index is -0.535. The van der Waals surface area contributed by atoms with Crippen molar-refractivity contribution in [3.63, 3.8) is 0 Å². The summed E-state index contributed by atoms with van der Waals surface area (Å²) in [4.78, 5) is 23.1. The van der Waals surface area contributed by atoms with Crippen molar-refractivity contribution in [1.82, 2.24) is 9.97 Å². The van der Waals surface area contributed by atoms with E-state index in [0.717, 1.165) is 28.0 Å². The van der Waals surface area contributed by atoms with Crippen molar-refractivity contribution in [2.45, 2.75) is 13.8 Å². The highest BCUT2D eigenvalue weighted by atomic mass is 16.6. The topological polar surface area (TPSA) is 114 Å². The average Bonchev–Trinajstić information content (AvgIpc) is 3.19. The lowest BCUT2D eigenvalue weighted by Gasteiger charge is -2.08. The minimum absolute atomic E-state index is 0.0471. The van der Waals surface area contributed by atoms with E-state index >= 15 is 0 Å². The van der Waals surface area contributed by atoms with Gasteiger partial charge in [-0.25, -0.2) is 4.98 Å². The van der Waals surface area contributed by atoms with Gasteiger partial charge >= 0.3 is 0 Å². The first-order chi connectivity index (χ1) is 15.0. The fourth-order valence-corrected chi connectivity index (χ4v) is 3.21. The summed E-state index contributed by atoms with van der Waals surface area (Å²) in [6.45, 7) is 3.91. The van der Waals surface area contributed by atoms with Gasteiger partial charge < -0.3 is 14.8 Å². The highest BCUT2D eigenvalue weighted by Gasteiger charge is 2.16. The van der Waals surface area contributed by atoms with Crippen LogP contribution in [0.25, 0.3) is 22.4 Å². The molecule has 0 aliphatic rings. The fourth-order valence-electron chi connectivity index (χ4n) is 3.21. The van der Waals surface area contributed by atoms with Crippen LogP contribution in [0.5, 0.6) is 11.5 Å². The molecule has 0 radical (unpaired) electrons. The van der Waals surface area contributed by atoms with Gasteiger partial charge in [0.2, 0.25) is 0 Å². The molecule has 2 N–H and O–H groups in total. The van der Waals surface area contributed by atoms with Crippen LogP contribution in [0.2, 0.25) is 0 Å². The molecule has 0 saturated heterocycles. The number of ether oxygens (including phenoxy) is 1. The number of para-hydroxylation sites is 2. The van der Waals surface area contributed by atoms with Gasteiger partial charge in [-0.15, -0.1) is 0 Å². The molecule has 0 saturated carbocycles. The van der Waals surface area contributed by atoms with Gasteiger partial charge in [0.25, 0.3) is 5.69 Å². The quantitative estimate of drug-likeness (QED) is 0.251. The number of nitrogens with one attached hydrogen (secondary N) is 1. The first-order valence-electron chi connectivity index (χ1n) is 9.70. The van der Waals surface area contributed by atoms with Crippen molar-refractivity contribution in [2.24, 2.45) is 4.99 Å². The molecule has 0 fully saturated rings. The van der Waals surface area contributed by atoms with Crippen LogP contribution in [-0.2, 0) is 0 Å². The number of non-ortho nitro benzene ring substituents is 1. The van der Waals surface area contributed by atoms with Crippen molar-refractivity contribution >= 4 is 28.6 Å². The third kappa shape index (κ3) is 4.09. The molecular formula is C23H20N4O4. The highest BCUT2D eigenvalue weighted by molar-refractivity contribution is 5.88. The smallest absolute Gasteiger partial charge is 0.274 e. The second-order valence-corrected chi connectivity index (χ2v) is 6.93. The average molecular weight is 416 g/mol. The SMILES string of the molecule is CCOc1cc([N+](=O)[O-])cc(C=Nc2cc(-c3nc4ccccc4[nH]3)ccc2C)c1O. The van der Waals surface area contributed by atoms with Crippen molar-refractivity contribution in [1.29, 1.82) is 0 Å². The van der Waals surface area contributed by atoms with Crippen LogP contribution in [0.1, 0.15) is 18.1 Å². The number of aromatic hydroxyl groups is 1. The lowest BCUT2D eigenvalue weighted by Crippen LogP contribution is -1.97. The molecule has 3 aromatic carbocycles. The molecular weight excluding hydrogens is 396 g/mol. The summed E-state index contributed by atoms with van der Waals surface area (Å²) >= 11 is 0. The zero-order valence-corrected chi connectivity index (χ0v) is 17.0.